The number of anilines is 1. The van der Waals surface area contributed by atoms with Gasteiger partial charge >= 0.3 is 5.97 Å². The number of nitrogens with one attached hydrogen (secondary N) is 2. The van der Waals surface area contributed by atoms with Crippen LogP contribution in [0.1, 0.15) is 39.2 Å². The maximum absolute atomic E-state index is 12.7. The van der Waals surface area contributed by atoms with Gasteiger partial charge in [0.1, 0.15) is 11.3 Å². The van der Waals surface area contributed by atoms with Crippen LogP contribution in [0.25, 0.3) is 0 Å². The van der Waals surface area contributed by atoms with E-state index in [0.717, 1.165) is 5.56 Å². The average Bonchev–Trinajstić information content (AvgIpc) is 2.78. The molecule has 3 N–H and O–H groups in total. The maximum atomic E-state index is 12.7. The lowest BCUT2D eigenvalue weighted by atomic mass is 10.1. The normalized spacial score (nSPS) is 11.3. The van der Waals surface area contributed by atoms with Crippen molar-refractivity contribution < 1.29 is 24.2 Å². The second-order valence-corrected chi connectivity index (χ2v) is 6.79. The van der Waals surface area contributed by atoms with E-state index >= 15 is 0 Å². The summed E-state index contributed by atoms with van der Waals surface area (Å²) in [5, 5.41) is 15.2. The van der Waals surface area contributed by atoms with Crippen molar-refractivity contribution in [2.45, 2.75) is 13.0 Å². The van der Waals surface area contributed by atoms with Gasteiger partial charge in [0.25, 0.3) is 11.8 Å². The summed E-state index contributed by atoms with van der Waals surface area (Å²) in [6.07, 6.45) is 0. The van der Waals surface area contributed by atoms with Crippen molar-refractivity contribution in [3.05, 3.63) is 95.6 Å². The molecule has 0 aliphatic carbocycles. The van der Waals surface area contributed by atoms with Crippen LogP contribution in [0.3, 0.4) is 0 Å². The highest BCUT2D eigenvalue weighted by Crippen LogP contribution is 2.19. The molecular weight excluding hydrogens is 396 g/mol. The molecule has 0 aliphatic rings. The third-order valence-electron chi connectivity index (χ3n) is 4.55. The minimum absolute atomic E-state index is 0.0371. The molecule has 7 nitrogen and oxygen atoms in total. The van der Waals surface area contributed by atoms with Crippen LogP contribution in [-0.2, 0) is 9.53 Å². The van der Waals surface area contributed by atoms with Crippen LogP contribution >= 0.6 is 0 Å². The Labute approximate surface area is 179 Å². The number of phenolic OH excluding ortho intramolecular Hbond substituents is 1. The average molecular weight is 418 g/mol. The molecule has 3 aromatic carbocycles. The van der Waals surface area contributed by atoms with Crippen LogP contribution < -0.4 is 10.6 Å². The third-order valence-corrected chi connectivity index (χ3v) is 4.55. The molecule has 0 radical (unpaired) electrons. The van der Waals surface area contributed by atoms with Crippen molar-refractivity contribution in [1.29, 1.82) is 0 Å². The van der Waals surface area contributed by atoms with Crippen LogP contribution in [0.4, 0.5) is 5.69 Å². The van der Waals surface area contributed by atoms with Crippen LogP contribution in [0.5, 0.6) is 5.75 Å². The topological polar surface area (TPSA) is 105 Å². The summed E-state index contributed by atoms with van der Waals surface area (Å²) in [4.78, 5) is 37.0. The summed E-state index contributed by atoms with van der Waals surface area (Å²) in [6, 6.07) is 21.7. The molecule has 0 spiro atoms. The Bertz CT molecular complexity index is 1080. The van der Waals surface area contributed by atoms with Gasteiger partial charge in [-0.25, -0.2) is 4.79 Å². The van der Waals surface area contributed by atoms with E-state index in [2.05, 4.69) is 10.6 Å². The minimum Gasteiger partial charge on any atom is -0.507 e. The number of esters is 1. The molecule has 1 atom stereocenters. The second-order valence-electron chi connectivity index (χ2n) is 6.79. The Kier molecular flexibility index (Phi) is 7.01. The number of phenols is 1. The number of amides is 2. The summed E-state index contributed by atoms with van der Waals surface area (Å²) in [7, 11) is 0. The summed E-state index contributed by atoms with van der Waals surface area (Å²) in [6.45, 7) is 1.30. The zero-order valence-corrected chi connectivity index (χ0v) is 16.9. The Morgan fingerprint density at radius 3 is 2.19 bits per heavy atom. The predicted molar refractivity (Wildman–Crippen MR) is 116 cm³/mol. The first-order valence-electron chi connectivity index (χ1n) is 9.65. The predicted octanol–water partition coefficient (Wildman–Crippen LogP) is 3.68. The molecule has 0 saturated carbocycles. The molecule has 0 unspecified atom stereocenters. The Hall–Kier alpha value is -4.13. The molecule has 3 rings (SSSR count). The van der Waals surface area contributed by atoms with Gasteiger partial charge in [0.2, 0.25) is 0 Å². The number of aromatic hydroxyl groups is 1. The van der Waals surface area contributed by atoms with Crippen molar-refractivity contribution in [2.24, 2.45) is 0 Å². The number of carbonyl (C=O) groups is 3. The Morgan fingerprint density at radius 2 is 1.48 bits per heavy atom. The molecule has 0 aromatic heterocycles. The molecule has 158 valence electrons. The van der Waals surface area contributed by atoms with Gasteiger partial charge in [-0.05, 0) is 36.8 Å². The van der Waals surface area contributed by atoms with Gasteiger partial charge in [0.05, 0.1) is 17.3 Å². The van der Waals surface area contributed by atoms with Gasteiger partial charge in [-0.2, -0.15) is 0 Å². The maximum Gasteiger partial charge on any atom is 0.342 e. The summed E-state index contributed by atoms with van der Waals surface area (Å²) >= 11 is 0. The fraction of sp³-hybridized carbons (Fsp3) is 0.125. The smallest absolute Gasteiger partial charge is 0.342 e. The Morgan fingerprint density at radius 1 is 0.871 bits per heavy atom. The summed E-state index contributed by atoms with van der Waals surface area (Å²) in [5.41, 5.74) is 1.49. The molecule has 31 heavy (non-hydrogen) atoms. The fourth-order valence-corrected chi connectivity index (χ4v) is 2.93. The van der Waals surface area contributed by atoms with E-state index in [4.69, 9.17) is 4.74 Å². The van der Waals surface area contributed by atoms with Crippen LogP contribution in [0, 0.1) is 0 Å². The first-order chi connectivity index (χ1) is 15.0. The van der Waals surface area contributed by atoms with Gasteiger partial charge in [-0.3, -0.25) is 9.59 Å². The van der Waals surface area contributed by atoms with E-state index < -0.39 is 18.5 Å². The van der Waals surface area contributed by atoms with E-state index in [1.54, 1.807) is 36.4 Å². The molecule has 2 amide bonds. The molecule has 0 saturated heterocycles. The highest BCUT2D eigenvalue weighted by Gasteiger charge is 2.17. The number of hydrogen-bond donors (Lipinski definition) is 3. The highest BCUT2D eigenvalue weighted by molar-refractivity contribution is 6.04. The molecule has 0 bridgehead atoms. The van der Waals surface area contributed by atoms with Crippen molar-refractivity contribution in [3.8, 4) is 5.75 Å². The monoisotopic (exact) mass is 418 g/mol. The standard InChI is InChI=1S/C24H22N2O5/c1-16(17-9-3-2-4-10-17)25-23(29)18-11-5-7-13-20(18)26-22(28)15-31-24(30)19-12-6-8-14-21(19)27/h2-14,16,27H,15H2,1H3,(H,25,29)(H,26,28)/t16-/m0/s1. The molecular formula is C24H22N2O5. The van der Waals surface area contributed by atoms with E-state index in [-0.39, 0.29) is 28.8 Å². The highest BCUT2D eigenvalue weighted by atomic mass is 16.5. The summed E-state index contributed by atoms with van der Waals surface area (Å²) in [5.74, 6) is -2.02. The van der Waals surface area contributed by atoms with Gasteiger partial charge in [0, 0.05) is 0 Å². The van der Waals surface area contributed by atoms with Crippen LogP contribution in [-0.4, -0.2) is 29.5 Å². The molecule has 7 heteroatoms. The first-order valence-corrected chi connectivity index (χ1v) is 9.65. The Balaban J connectivity index is 1.62. The van der Waals surface area contributed by atoms with Gasteiger partial charge in [0.15, 0.2) is 6.61 Å². The van der Waals surface area contributed by atoms with Crippen molar-refractivity contribution in [1.82, 2.24) is 5.32 Å². The second kappa shape index (κ2) is 10.1. The zero-order valence-electron chi connectivity index (χ0n) is 16.9. The van der Waals surface area contributed by atoms with Gasteiger partial charge < -0.3 is 20.5 Å². The van der Waals surface area contributed by atoms with Crippen LogP contribution in [0.2, 0.25) is 0 Å². The van der Waals surface area contributed by atoms with Gasteiger partial charge in [-0.1, -0.05) is 54.6 Å². The third kappa shape index (κ3) is 5.70. The van der Waals surface area contributed by atoms with Gasteiger partial charge in [-0.15, -0.1) is 0 Å². The lowest BCUT2D eigenvalue weighted by Crippen LogP contribution is -2.28. The van der Waals surface area contributed by atoms with E-state index in [1.807, 2.05) is 37.3 Å². The number of benzene rings is 3. The number of hydrogen-bond acceptors (Lipinski definition) is 5. The molecule has 3 aromatic rings. The molecule has 0 fully saturated rings. The lowest BCUT2D eigenvalue weighted by molar-refractivity contribution is -0.119. The largest absolute Gasteiger partial charge is 0.507 e. The number of rotatable bonds is 7. The van der Waals surface area contributed by atoms with E-state index in [0.29, 0.717) is 5.69 Å². The minimum atomic E-state index is -0.823. The number of para-hydroxylation sites is 2. The van der Waals surface area contributed by atoms with Crippen molar-refractivity contribution in [3.63, 3.8) is 0 Å². The molecule has 0 aliphatic heterocycles. The number of carbonyl (C=O) groups excluding carboxylic acids is 3. The SMILES string of the molecule is C[C@H](NC(=O)c1ccccc1NC(=O)COC(=O)c1ccccc1O)c1ccccc1. The first kappa shape index (κ1) is 21.6. The quantitative estimate of drug-likeness (QED) is 0.508. The fourth-order valence-electron chi connectivity index (χ4n) is 2.93. The lowest BCUT2D eigenvalue weighted by Gasteiger charge is -2.16. The van der Waals surface area contributed by atoms with E-state index in [9.17, 15) is 19.5 Å². The van der Waals surface area contributed by atoms with Crippen molar-refractivity contribution >= 4 is 23.5 Å². The van der Waals surface area contributed by atoms with Crippen molar-refractivity contribution in [2.75, 3.05) is 11.9 Å². The number of ether oxygens (including phenoxy) is 1. The summed E-state index contributed by atoms with van der Waals surface area (Å²) < 4.78 is 4.95. The molecule has 0 heterocycles. The van der Waals surface area contributed by atoms with Crippen LogP contribution in [0.15, 0.2) is 78.9 Å². The van der Waals surface area contributed by atoms with E-state index in [1.165, 1.54) is 12.1 Å². The zero-order chi connectivity index (χ0) is 22.2.